The lowest BCUT2D eigenvalue weighted by atomic mass is 10.0. The highest BCUT2D eigenvalue weighted by molar-refractivity contribution is 7.98. The van der Waals surface area contributed by atoms with Crippen LogP contribution in [0.1, 0.15) is 38.5 Å². The predicted octanol–water partition coefficient (Wildman–Crippen LogP) is 2.42. The third-order valence-corrected chi connectivity index (χ3v) is 3.46. The quantitative estimate of drug-likeness (QED) is 0.711. The Labute approximate surface area is 92.0 Å². The van der Waals surface area contributed by atoms with Gasteiger partial charge in [-0.1, -0.05) is 0 Å². The van der Waals surface area contributed by atoms with Crippen molar-refractivity contribution in [3.63, 3.8) is 0 Å². The molecule has 1 saturated heterocycles. The fourth-order valence-corrected chi connectivity index (χ4v) is 2.43. The van der Waals surface area contributed by atoms with E-state index in [1.54, 1.807) is 0 Å². The maximum absolute atomic E-state index is 5.99. The minimum atomic E-state index is 0.406. The Kier molecular flexibility index (Phi) is 6.65. The largest absolute Gasteiger partial charge is 0.378 e. The standard InChI is InChI=1S/C11H23NOS/c1-14-9-7-10(12)4-2-5-11-6-3-8-13-11/h10-11H,2-9,12H2,1H3. The maximum Gasteiger partial charge on any atom is 0.0576 e. The molecule has 84 valence electrons. The van der Waals surface area contributed by atoms with Crippen LogP contribution in [0.25, 0.3) is 0 Å². The summed E-state index contributed by atoms with van der Waals surface area (Å²) in [5.74, 6) is 1.20. The van der Waals surface area contributed by atoms with E-state index in [0.717, 1.165) is 13.0 Å². The summed E-state index contributed by atoms with van der Waals surface area (Å²) in [6.07, 6.45) is 9.98. The second-order valence-electron chi connectivity index (χ2n) is 4.11. The van der Waals surface area contributed by atoms with Gasteiger partial charge in [-0.3, -0.25) is 0 Å². The van der Waals surface area contributed by atoms with Crippen molar-refractivity contribution in [2.45, 2.75) is 50.7 Å². The monoisotopic (exact) mass is 217 g/mol. The summed E-state index contributed by atoms with van der Waals surface area (Å²) in [6, 6.07) is 0.406. The van der Waals surface area contributed by atoms with Gasteiger partial charge in [-0.25, -0.2) is 0 Å². The van der Waals surface area contributed by atoms with Crippen LogP contribution in [0.15, 0.2) is 0 Å². The van der Waals surface area contributed by atoms with Gasteiger partial charge in [0, 0.05) is 12.6 Å². The van der Waals surface area contributed by atoms with Crippen molar-refractivity contribution in [2.24, 2.45) is 5.73 Å². The van der Waals surface area contributed by atoms with Gasteiger partial charge in [0.1, 0.15) is 0 Å². The lowest BCUT2D eigenvalue weighted by Crippen LogP contribution is -2.21. The third-order valence-electron chi connectivity index (χ3n) is 2.82. The topological polar surface area (TPSA) is 35.2 Å². The van der Waals surface area contributed by atoms with Gasteiger partial charge in [-0.2, -0.15) is 11.8 Å². The molecule has 0 aliphatic carbocycles. The molecule has 0 bridgehead atoms. The van der Waals surface area contributed by atoms with Gasteiger partial charge >= 0.3 is 0 Å². The second-order valence-corrected chi connectivity index (χ2v) is 5.09. The first kappa shape index (κ1) is 12.3. The molecule has 0 aromatic carbocycles. The Balaban J connectivity index is 1.91. The van der Waals surface area contributed by atoms with Gasteiger partial charge in [0.2, 0.25) is 0 Å². The molecule has 1 aliphatic heterocycles. The summed E-state index contributed by atoms with van der Waals surface area (Å²) in [4.78, 5) is 0. The van der Waals surface area contributed by atoms with Crippen LogP contribution < -0.4 is 5.73 Å². The van der Waals surface area contributed by atoms with E-state index in [0.29, 0.717) is 12.1 Å². The van der Waals surface area contributed by atoms with Crippen molar-refractivity contribution in [3.05, 3.63) is 0 Å². The van der Waals surface area contributed by atoms with Gasteiger partial charge in [0.25, 0.3) is 0 Å². The van der Waals surface area contributed by atoms with Crippen molar-refractivity contribution in [1.82, 2.24) is 0 Å². The smallest absolute Gasteiger partial charge is 0.0576 e. The molecule has 0 amide bonds. The Morgan fingerprint density at radius 2 is 2.36 bits per heavy atom. The highest BCUT2D eigenvalue weighted by Gasteiger charge is 2.15. The molecule has 1 rings (SSSR count). The van der Waals surface area contributed by atoms with Crippen LogP contribution in [0.5, 0.6) is 0 Å². The zero-order valence-electron chi connectivity index (χ0n) is 9.21. The van der Waals surface area contributed by atoms with E-state index in [2.05, 4.69) is 6.26 Å². The Morgan fingerprint density at radius 1 is 1.50 bits per heavy atom. The third kappa shape index (κ3) is 5.23. The molecular weight excluding hydrogens is 194 g/mol. The first-order valence-corrected chi connectivity index (χ1v) is 7.08. The Hall–Kier alpha value is 0.270. The molecule has 1 fully saturated rings. The molecule has 2 N–H and O–H groups in total. The van der Waals surface area contributed by atoms with E-state index in [1.807, 2.05) is 11.8 Å². The summed E-state index contributed by atoms with van der Waals surface area (Å²) in [6.45, 7) is 0.975. The van der Waals surface area contributed by atoms with Crippen LogP contribution in [-0.2, 0) is 4.74 Å². The van der Waals surface area contributed by atoms with E-state index in [1.165, 1.54) is 37.9 Å². The van der Waals surface area contributed by atoms with Crippen LogP contribution in [0.4, 0.5) is 0 Å². The molecule has 0 spiro atoms. The number of thioether (sulfide) groups is 1. The highest BCUT2D eigenvalue weighted by Crippen LogP contribution is 2.18. The number of nitrogens with two attached hydrogens (primary N) is 1. The summed E-state index contributed by atoms with van der Waals surface area (Å²) in [5.41, 5.74) is 5.99. The average molecular weight is 217 g/mol. The number of rotatable bonds is 7. The molecule has 14 heavy (non-hydrogen) atoms. The van der Waals surface area contributed by atoms with E-state index >= 15 is 0 Å². The van der Waals surface area contributed by atoms with Crippen molar-refractivity contribution < 1.29 is 4.74 Å². The maximum atomic E-state index is 5.99. The molecule has 1 aliphatic rings. The molecule has 0 saturated carbocycles. The SMILES string of the molecule is CSCCC(N)CCCC1CCCO1. The predicted molar refractivity (Wildman–Crippen MR) is 63.8 cm³/mol. The molecule has 2 unspecified atom stereocenters. The van der Waals surface area contributed by atoms with Crippen LogP contribution in [0, 0.1) is 0 Å². The van der Waals surface area contributed by atoms with Gasteiger partial charge in [-0.15, -0.1) is 0 Å². The van der Waals surface area contributed by atoms with Gasteiger partial charge in [0.15, 0.2) is 0 Å². The van der Waals surface area contributed by atoms with E-state index in [4.69, 9.17) is 10.5 Å². The van der Waals surface area contributed by atoms with Gasteiger partial charge in [-0.05, 0) is 50.5 Å². The molecule has 2 atom stereocenters. The zero-order chi connectivity index (χ0) is 10.2. The van der Waals surface area contributed by atoms with Crippen LogP contribution in [0.3, 0.4) is 0 Å². The fourth-order valence-electron chi connectivity index (χ4n) is 1.89. The number of hydrogen-bond acceptors (Lipinski definition) is 3. The summed E-state index contributed by atoms with van der Waals surface area (Å²) < 4.78 is 5.57. The number of hydrogen-bond donors (Lipinski definition) is 1. The normalized spacial score (nSPS) is 24.0. The molecular formula is C11H23NOS. The minimum absolute atomic E-state index is 0.406. The highest BCUT2D eigenvalue weighted by atomic mass is 32.2. The van der Waals surface area contributed by atoms with Crippen molar-refractivity contribution >= 4 is 11.8 Å². The first-order valence-electron chi connectivity index (χ1n) is 5.69. The Bertz CT molecular complexity index is 137. The molecule has 0 aromatic rings. The van der Waals surface area contributed by atoms with E-state index < -0.39 is 0 Å². The van der Waals surface area contributed by atoms with E-state index in [9.17, 15) is 0 Å². The zero-order valence-corrected chi connectivity index (χ0v) is 10.0. The van der Waals surface area contributed by atoms with Crippen molar-refractivity contribution in [2.75, 3.05) is 18.6 Å². The van der Waals surface area contributed by atoms with Crippen molar-refractivity contribution in [1.29, 1.82) is 0 Å². The van der Waals surface area contributed by atoms with Crippen LogP contribution >= 0.6 is 11.8 Å². The molecule has 0 aromatic heterocycles. The summed E-state index contributed by atoms with van der Waals surface area (Å²) >= 11 is 1.88. The lowest BCUT2D eigenvalue weighted by Gasteiger charge is -2.12. The summed E-state index contributed by atoms with van der Waals surface area (Å²) in [7, 11) is 0. The number of ether oxygens (including phenoxy) is 1. The van der Waals surface area contributed by atoms with Gasteiger partial charge in [0.05, 0.1) is 6.10 Å². The molecule has 3 heteroatoms. The lowest BCUT2D eigenvalue weighted by molar-refractivity contribution is 0.101. The second kappa shape index (κ2) is 7.55. The summed E-state index contributed by atoms with van der Waals surface area (Å²) in [5, 5.41) is 0. The molecule has 1 heterocycles. The van der Waals surface area contributed by atoms with E-state index in [-0.39, 0.29) is 0 Å². The average Bonchev–Trinajstić information content (AvgIpc) is 2.67. The van der Waals surface area contributed by atoms with Crippen LogP contribution in [-0.4, -0.2) is 30.8 Å². The van der Waals surface area contributed by atoms with Gasteiger partial charge < -0.3 is 10.5 Å². The van der Waals surface area contributed by atoms with Crippen LogP contribution in [0.2, 0.25) is 0 Å². The Morgan fingerprint density at radius 3 is 3.00 bits per heavy atom. The first-order chi connectivity index (χ1) is 6.83. The molecule has 2 nitrogen and oxygen atoms in total. The molecule has 0 radical (unpaired) electrons. The minimum Gasteiger partial charge on any atom is -0.378 e. The van der Waals surface area contributed by atoms with Crippen molar-refractivity contribution in [3.8, 4) is 0 Å². The fraction of sp³-hybridized carbons (Fsp3) is 1.00.